The summed E-state index contributed by atoms with van der Waals surface area (Å²) < 4.78 is 6.30. The first kappa shape index (κ1) is 19.7. The Labute approximate surface area is 162 Å². The van der Waals surface area contributed by atoms with Crippen molar-refractivity contribution >= 4 is 17.5 Å². The van der Waals surface area contributed by atoms with Crippen molar-refractivity contribution in [3.8, 4) is 0 Å². The van der Waals surface area contributed by atoms with Crippen LogP contribution in [0.5, 0.6) is 0 Å². The highest BCUT2D eigenvalue weighted by molar-refractivity contribution is 6.30. The van der Waals surface area contributed by atoms with E-state index in [9.17, 15) is 4.79 Å². The summed E-state index contributed by atoms with van der Waals surface area (Å²) in [5.41, 5.74) is 1.06. The zero-order chi connectivity index (χ0) is 18.4. The van der Waals surface area contributed by atoms with Crippen molar-refractivity contribution in [1.82, 2.24) is 10.2 Å². The van der Waals surface area contributed by atoms with Crippen molar-refractivity contribution < 1.29 is 9.53 Å². The highest BCUT2D eigenvalue weighted by Gasteiger charge is 2.28. The minimum Gasteiger partial charge on any atom is -0.375 e. The van der Waals surface area contributed by atoms with Crippen LogP contribution in [-0.4, -0.2) is 42.1 Å². The summed E-state index contributed by atoms with van der Waals surface area (Å²) in [7, 11) is 0. The molecule has 1 atom stereocenters. The van der Waals surface area contributed by atoms with Gasteiger partial charge in [-0.25, -0.2) is 0 Å². The van der Waals surface area contributed by atoms with E-state index >= 15 is 0 Å². The van der Waals surface area contributed by atoms with Crippen molar-refractivity contribution in [2.75, 3.05) is 13.1 Å². The number of ether oxygens (including phenoxy) is 1. The Hall–Kier alpha value is -1.10. The lowest BCUT2D eigenvalue weighted by Gasteiger charge is -2.37. The third-order valence-electron chi connectivity index (χ3n) is 5.72. The lowest BCUT2D eigenvalue weighted by Crippen LogP contribution is -2.49. The van der Waals surface area contributed by atoms with Gasteiger partial charge in [0.1, 0.15) is 0 Å². The molecule has 2 aliphatic rings. The number of rotatable bonds is 6. The smallest absolute Gasteiger partial charge is 0.237 e. The zero-order valence-electron chi connectivity index (χ0n) is 15.8. The Morgan fingerprint density at radius 1 is 1.12 bits per heavy atom. The van der Waals surface area contributed by atoms with Crippen LogP contribution in [0.1, 0.15) is 57.4 Å². The number of piperidine rings is 1. The monoisotopic (exact) mass is 378 g/mol. The molecule has 2 fully saturated rings. The second-order valence-electron chi connectivity index (χ2n) is 7.65. The Bertz CT molecular complexity index is 564. The van der Waals surface area contributed by atoms with E-state index in [4.69, 9.17) is 16.3 Å². The number of hydrogen-bond donors (Lipinski definition) is 1. The molecule has 1 aliphatic heterocycles. The molecule has 0 spiro atoms. The molecule has 1 saturated carbocycles. The Morgan fingerprint density at radius 3 is 2.38 bits per heavy atom. The maximum absolute atomic E-state index is 12.5. The highest BCUT2D eigenvalue weighted by Crippen LogP contribution is 2.25. The highest BCUT2D eigenvalue weighted by atomic mass is 35.5. The molecule has 144 valence electrons. The van der Waals surface area contributed by atoms with Gasteiger partial charge in [-0.05, 0) is 50.3 Å². The molecule has 4 nitrogen and oxygen atoms in total. The van der Waals surface area contributed by atoms with Gasteiger partial charge in [0.25, 0.3) is 0 Å². The van der Waals surface area contributed by atoms with Crippen molar-refractivity contribution in [2.45, 2.75) is 76.7 Å². The fourth-order valence-electron chi connectivity index (χ4n) is 3.98. The fraction of sp³-hybridized carbons (Fsp3) is 0.667. The first-order chi connectivity index (χ1) is 12.6. The molecule has 3 rings (SSSR count). The summed E-state index contributed by atoms with van der Waals surface area (Å²) in [5, 5.41) is 3.75. The van der Waals surface area contributed by atoms with Crippen LogP contribution >= 0.6 is 11.6 Å². The Kier molecular flexibility index (Phi) is 7.35. The molecule has 1 unspecified atom stereocenters. The number of benzene rings is 1. The van der Waals surface area contributed by atoms with Gasteiger partial charge in [-0.1, -0.05) is 43.0 Å². The molecule has 1 aromatic rings. The van der Waals surface area contributed by atoms with Crippen LogP contribution in [0.3, 0.4) is 0 Å². The first-order valence-electron chi connectivity index (χ1n) is 10.0. The molecule has 1 saturated heterocycles. The van der Waals surface area contributed by atoms with Gasteiger partial charge in [-0.15, -0.1) is 0 Å². The lowest BCUT2D eigenvalue weighted by molar-refractivity contribution is -0.127. The number of amides is 1. The predicted octanol–water partition coefficient (Wildman–Crippen LogP) is 4.16. The van der Waals surface area contributed by atoms with Crippen molar-refractivity contribution in [3.63, 3.8) is 0 Å². The van der Waals surface area contributed by atoms with Gasteiger partial charge in [0.15, 0.2) is 0 Å². The molecule has 1 aliphatic carbocycles. The molecule has 26 heavy (non-hydrogen) atoms. The first-order valence-corrected chi connectivity index (χ1v) is 10.4. The van der Waals surface area contributed by atoms with E-state index in [-0.39, 0.29) is 11.9 Å². The number of carbonyl (C=O) groups excluding carboxylic acids is 1. The minimum absolute atomic E-state index is 0.0894. The lowest BCUT2D eigenvalue weighted by atomic mass is 9.97. The molecule has 0 aromatic heterocycles. The molecule has 1 heterocycles. The van der Waals surface area contributed by atoms with Gasteiger partial charge < -0.3 is 10.1 Å². The minimum atomic E-state index is -0.0991. The summed E-state index contributed by atoms with van der Waals surface area (Å²) in [6.45, 7) is 4.42. The van der Waals surface area contributed by atoms with Gasteiger partial charge in [-0.2, -0.15) is 0 Å². The van der Waals surface area contributed by atoms with Crippen LogP contribution in [0.15, 0.2) is 24.3 Å². The number of likely N-dealkylation sites (tertiary alicyclic amines) is 1. The summed E-state index contributed by atoms with van der Waals surface area (Å²) >= 11 is 5.90. The van der Waals surface area contributed by atoms with Gasteiger partial charge in [0, 0.05) is 24.7 Å². The average Bonchev–Trinajstić information content (AvgIpc) is 2.68. The number of halogens is 1. The second kappa shape index (κ2) is 9.72. The third-order valence-corrected chi connectivity index (χ3v) is 5.97. The summed E-state index contributed by atoms with van der Waals surface area (Å²) in [6, 6.07) is 7.49. The molecular weight excluding hydrogens is 348 g/mol. The van der Waals surface area contributed by atoms with E-state index in [0.717, 1.165) is 31.5 Å². The van der Waals surface area contributed by atoms with Gasteiger partial charge in [-0.3, -0.25) is 9.69 Å². The SMILES string of the molecule is CC(C(=O)NCc1ccc(Cl)cc1)N1CCC(OC2CCCCC2)CC1. The van der Waals surface area contributed by atoms with Crippen molar-refractivity contribution in [3.05, 3.63) is 34.9 Å². The quantitative estimate of drug-likeness (QED) is 0.808. The molecular formula is C21H31ClN2O2. The zero-order valence-corrected chi connectivity index (χ0v) is 16.5. The summed E-state index contributed by atoms with van der Waals surface area (Å²) in [6.07, 6.45) is 9.35. The number of nitrogens with zero attached hydrogens (tertiary/aromatic N) is 1. The Morgan fingerprint density at radius 2 is 1.73 bits per heavy atom. The van der Waals surface area contributed by atoms with Crippen molar-refractivity contribution in [1.29, 1.82) is 0 Å². The van der Waals surface area contributed by atoms with E-state index < -0.39 is 0 Å². The second-order valence-corrected chi connectivity index (χ2v) is 8.09. The molecule has 0 radical (unpaired) electrons. The Balaban J connectivity index is 1.38. The number of nitrogens with one attached hydrogen (secondary N) is 1. The third kappa shape index (κ3) is 5.70. The van der Waals surface area contributed by atoms with Crippen LogP contribution in [-0.2, 0) is 16.1 Å². The van der Waals surface area contributed by atoms with E-state index in [1.807, 2.05) is 31.2 Å². The van der Waals surface area contributed by atoms with Crippen LogP contribution in [0.25, 0.3) is 0 Å². The normalized spacial score (nSPS) is 21.5. The van der Waals surface area contributed by atoms with Crippen molar-refractivity contribution in [2.24, 2.45) is 0 Å². The molecule has 1 aromatic carbocycles. The summed E-state index contributed by atoms with van der Waals surface area (Å²) in [5.74, 6) is 0.0894. The van der Waals surface area contributed by atoms with Gasteiger partial charge in [0.05, 0.1) is 18.2 Å². The van der Waals surface area contributed by atoms with Gasteiger partial charge >= 0.3 is 0 Å². The predicted molar refractivity (Wildman–Crippen MR) is 105 cm³/mol. The molecule has 0 bridgehead atoms. The number of hydrogen-bond acceptors (Lipinski definition) is 3. The molecule has 1 amide bonds. The topological polar surface area (TPSA) is 41.6 Å². The maximum atomic E-state index is 12.5. The largest absolute Gasteiger partial charge is 0.375 e. The van der Waals surface area contributed by atoms with Gasteiger partial charge in [0.2, 0.25) is 5.91 Å². The molecule has 5 heteroatoms. The van der Waals surface area contributed by atoms with E-state index in [1.54, 1.807) is 0 Å². The van der Waals surface area contributed by atoms with E-state index in [0.29, 0.717) is 23.8 Å². The fourth-order valence-corrected chi connectivity index (χ4v) is 4.10. The summed E-state index contributed by atoms with van der Waals surface area (Å²) in [4.78, 5) is 14.7. The van der Waals surface area contributed by atoms with E-state index in [1.165, 1.54) is 32.1 Å². The van der Waals surface area contributed by atoms with Crippen LogP contribution < -0.4 is 5.32 Å². The molecule has 1 N–H and O–H groups in total. The number of carbonyl (C=O) groups is 1. The average molecular weight is 379 g/mol. The van der Waals surface area contributed by atoms with Crippen LogP contribution in [0.4, 0.5) is 0 Å². The van der Waals surface area contributed by atoms with Crippen LogP contribution in [0.2, 0.25) is 5.02 Å². The standard InChI is InChI=1S/C21H31ClN2O2/c1-16(21(25)23-15-17-7-9-18(22)10-8-17)24-13-11-20(12-14-24)26-19-5-3-2-4-6-19/h7-10,16,19-20H,2-6,11-15H2,1H3,(H,23,25). The van der Waals surface area contributed by atoms with E-state index in [2.05, 4.69) is 10.2 Å². The maximum Gasteiger partial charge on any atom is 0.237 e. The van der Waals surface area contributed by atoms with Crippen LogP contribution in [0, 0.1) is 0 Å².